The minimum Gasteiger partial charge on any atom is -0.456 e. The summed E-state index contributed by atoms with van der Waals surface area (Å²) in [6.07, 6.45) is 0.916. The summed E-state index contributed by atoms with van der Waals surface area (Å²) in [4.78, 5) is 2.48. The lowest BCUT2D eigenvalue weighted by Crippen LogP contribution is -2.16. The minimum absolute atomic E-state index is 0.0356. The molecule has 0 radical (unpaired) electrons. The Morgan fingerprint density at radius 1 is 0.330 bits per heavy atom. The van der Waals surface area contributed by atoms with E-state index < -0.39 is 0 Å². The molecule has 0 bridgehead atoms. The van der Waals surface area contributed by atoms with Crippen LogP contribution in [0, 0.1) is 6.92 Å². The first kappa shape index (κ1) is 68.3. The third-order valence-electron chi connectivity index (χ3n) is 26.2. The Kier molecular flexibility index (Phi) is 15.6. The molecule has 4 heteroatoms. The predicted molar refractivity (Wildman–Crippen MR) is 483 cm³/mol. The van der Waals surface area contributed by atoms with Crippen LogP contribution in [0.1, 0.15) is 121 Å². The molecule has 0 N–H and O–H groups in total. The summed E-state index contributed by atoms with van der Waals surface area (Å²) in [5, 5.41) is 14.3. The van der Waals surface area contributed by atoms with Crippen LogP contribution >= 0.6 is 0 Å². The Hall–Kier alpha value is -13.5. The monoisotopic (exact) mass is 1480 g/mol. The van der Waals surface area contributed by atoms with Crippen molar-refractivity contribution >= 4 is 104 Å². The quantitative estimate of drug-likeness (QED) is 0.109. The van der Waals surface area contributed by atoms with E-state index in [1.165, 1.54) is 143 Å². The van der Waals surface area contributed by atoms with E-state index in [4.69, 9.17) is 8.83 Å². The van der Waals surface area contributed by atoms with Crippen LogP contribution in [0.4, 0.5) is 17.1 Å². The van der Waals surface area contributed by atoms with Crippen LogP contribution in [-0.4, -0.2) is 4.57 Å². The number of hydrogen-bond acceptors (Lipinski definition) is 3. The number of hydrogen-bond donors (Lipinski definition) is 0. The molecular weight excluding hydrogens is 1390 g/mol. The van der Waals surface area contributed by atoms with Crippen molar-refractivity contribution in [1.82, 2.24) is 4.57 Å². The molecule has 0 amide bonds. The lowest BCUT2D eigenvalue weighted by molar-refractivity contribution is 0.631. The van der Waals surface area contributed by atoms with Crippen molar-refractivity contribution in [2.45, 2.75) is 83.5 Å². The van der Waals surface area contributed by atoms with E-state index in [2.05, 4.69) is 386 Å². The van der Waals surface area contributed by atoms with Crippen molar-refractivity contribution in [3.05, 3.63) is 407 Å². The first-order valence-corrected chi connectivity index (χ1v) is 40.8. The van der Waals surface area contributed by atoms with E-state index in [9.17, 15) is 0 Å². The number of benzene rings is 17. The van der Waals surface area contributed by atoms with Gasteiger partial charge in [0.05, 0.1) is 11.0 Å². The summed E-state index contributed by atoms with van der Waals surface area (Å²) >= 11 is 0. The second-order valence-electron chi connectivity index (χ2n) is 33.4. The molecule has 3 atom stereocenters. The van der Waals surface area contributed by atoms with Crippen LogP contribution < -0.4 is 4.90 Å². The number of furan rings is 2. The molecule has 115 heavy (non-hydrogen) atoms. The Labute approximate surface area is 670 Å². The van der Waals surface area contributed by atoms with Crippen LogP contribution in [-0.2, 0) is 10.8 Å². The van der Waals surface area contributed by atoms with Gasteiger partial charge in [-0.1, -0.05) is 296 Å². The topological polar surface area (TPSA) is 34.5 Å². The van der Waals surface area contributed by atoms with Gasteiger partial charge >= 0.3 is 0 Å². The lowest BCUT2D eigenvalue weighted by Gasteiger charge is -2.29. The van der Waals surface area contributed by atoms with Crippen molar-refractivity contribution in [2.24, 2.45) is 0 Å². The van der Waals surface area contributed by atoms with Crippen LogP contribution in [0.15, 0.2) is 361 Å². The number of fused-ring (bicyclic) bond motifs is 16. The second kappa shape index (κ2) is 26.3. The zero-order valence-corrected chi connectivity index (χ0v) is 65.6. The van der Waals surface area contributed by atoms with Gasteiger partial charge in [-0.25, -0.2) is 0 Å². The number of nitrogens with zero attached hydrogens (tertiary/aromatic N) is 2. The molecule has 3 heterocycles. The van der Waals surface area contributed by atoms with Gasteiger partial charge in [-0.3, -0.25) is 0 Å². The fraction of sp³-hybridized carbons (Fsp3) is 0.117. The molecular formula is C111H84N2O2. The maximum Gasteiger partial charge on any atom is 0.135 e. The molecule has 2 aliphatic rings. The Bertz CT molecular complexity index is 7320. The van der Waals surface area contributed by atoms with Gasteiger partial charge in [0, 0.05) is 83.5 Å². The van der Waals surface area contributed by atoms with Crippen molar-refractivity contribution in [2.75, 3.05) is 4.90 Å². The molecule has 550 valence electrons. The van der Waals surface area contributed by atoms with Gasteiger partial charge in [-0.15, -0.1) is 0 Å². The van der Waals surface area contributed by atoms with E-state index in [0.717, 1.165) is 84.5 Å². The largest absolute Gasteiger partial charge is 0.456 e. The molecule has 17 aromatic carbocycles. The molecule has 20 aromatic rings. The maximum atomic E-state index is 6.41. The van der Waals surface area contributed by atoms with Gasteiger partial charge in [-0.2, -0.15) is 0 Å². The molecule has 22 rings (SSSR count). The number of rotatable bonds is 14. The van der Waals surface area contributed by atoms with Gasteiger partial charge in [0.2, 0.25) is 0 Å². The first-order valence-electron chi connectivity index (χ1n) is 40.8. The van der Waals surface area contributed by atoms with Crippen LogP contribution in [0.2, 0.25) is 0 Å². The van der Waals surface area contributed by atoms with Crippen LogP contribution in [0.25, 0.3) is 149 Å². The molecule has 0 aliphatic heterocycles. The average molecular weight is 1480 g/mol. The molecule has 3 aromatic heterocycles. The highest BCUT2D eigenvalue weighted by Gasteiger charge is 2.38. The Balaban J connectivity index is 0.678. The van der Waals surface area contributed by atoms with E-state index in [1.807, 2.05) is 24.3 Å². The van der Waals surface area contributed by atoms with E-state index in [0.29, 0.717) is 0 Å². The van der Waals surface area contributed by atoms with Crippen LogP contribution in [0.5, 0.6) is 0 Å². The zero-order chi connectivity index (χ0) is 77.1. The first-order chi connectivity index (χ1) is 56.3. The van der Waals surface area contributed by atoms with Crippen LogP contribution in [0.3, 0.4) is 0 Å². The summed E-state index contributed by atoms with van der Waals surface area (Å²) in [5.41, 5.74) is 31.5. The number of para-hydroxylation sites is 3. The SMILES string of the molecule is CCC(c1ccccc1)c1c(-c2cc3c(cc2C)c2ccc4cc(C(C)C(c5ccc6c(c5)-c5ccccc5C6(C)C)c5ccc6cc(-c7cc8ccccc8o7)ccc6c5)ccc4c2n3-c2ccccc2)ccc2cc(N(c3ccc4c(c3)C(C)(C)c3ccccc3-4)c3ccc4cc(-c5cc6ccccc6o5)ccc4c3)ccc12. The Morgan fingerprint density at radius 3 is 1.52 bits per heavy atom. The normalized spacial score (nSPS) is 14.1. The summed E-state index contributed by atoms with van der Waals surface area (Å²) in [5.74, 6) is 1.98. The second-order valence-corrected chi connectivity index (χ2v) is 33.4. The van der Waals surface area contributed by atoms with Crippen molar-refractivity contribution in [3.8, 4) is 61.7 Å². The van der Waals surface area contributed by atoms with Crippen molar-refractivity contribution in [1.29, 1.82) is 0 Å². The maximum absolute atomic E-state index is 6.41. The third kappa shape index (κ3) is 10.9. The summed E-state index contributed by atoms with van der Waals surface area (Å²) in [6, 6.07) is 132. The van der Waals surface area contributed by atoms with Gasteiger partial charge in [0.25, 0.3) is 0 Å². The third-order valence-corrected chi connectivity index (χ3v) is 26.2. The summed E-state index contributed by atoms with van der Waals surface area (Å²) in [6.45, 7) is 16.7. The highest BCUT2D eigenvalue weighted by molar-refractivity contribution is 6.20. The molecule has 3 unspecified atom stereocenters. The van der Waals surface area contributed by atoms with Gasteiger partial charge < -0.3 is 18.3 Å². The number of aryl methyl sites for hydroxylation is 1. The van der Waals surface area contributed by atoms with E-state index in [-0.39, 0.29) is 28.6 Å². The van der Waals surface area contributed by atoms with E-state index in [1.54, 1.807) is 0 Å². The molecule has 0 spiro atoms. The fourth-order valence-corrected chi connectivity index (χ4v) is 20.4. The van der Waals surface area contributed by atoms with Crippen molar-refractivity contribution < 1.29 is 8.83 Å². The smallest absolute Gasteiger partial charge is 0.135 e. The van der Waals surface area contributed by atoms with E-state index >= 15 is 0 Å². The summed E-state index contributed by atoms with van der Waals surface area (Å²) < 4.78 is 15.4. The van der Waals surface area contributed by atoms with Gasteiger partial charge in [0.1, 0.15) is 22.7 Å². The fourth-order valence-electron chi connectivity index (χ4n) is 20.4. The van der Waals surface area contributed by atoms with Gasteiger partial charge in [-0.05, 0) is 243 Å². The molecule has 0 saturated carbocycles. The summed E-state index contributed by atoms with van der Waals surface area (Å²) in [7, 11) is 0. The molecule has 2 aliphatic carbocycles. The average Bonchev–Trinajstić information content (AvgIpc) is 1.56. The predicted octanol–water partition coefficient (Wildman–Crippen LogP) is 30.8. The lowest BCUT2D eigenvalue weighted by atomic mass is 9.76. The Morgan fingerprint density at radius 2 is 0.817 bits per heavy atom. The number of aromatic nitrogens is 1. The number of anilines is 3. The highest BCUT2D eigenvalue weighted by Crippen LogP contribution is 2.55. The standard InChI is InChI=1S/C111H84N2O2/c1-8-87(69-23-11-9-12-24-69)108-88-52-47-85(112(86-48-53-92-90-29-17-19-31-98(90)111(6,7)101(92)65-86)84-46-41-73-58-80(39-36-74(73)60-84)106-64-78-26-16-22-34-104(78)115-106)61-76(88)43-50-93(108)95-66-102-97(55-67(95)2)94-51-44-75-56-70(42-49-89(75)109(94)113(102)83-27-13-10-14-28-83)68(3)107(82-45-54-100-96(62-82)91-30-18-20-32-99(91)110(100,4)5)81-40-37-71-57-79(38-35-72(71)59-81)105-63-77-25-15-21-33-103(77)114-105/h9-66,68,87,107H,8H2,1-7H3. The molecule has 0 fully saturated rings. The zero-order valence-electron chi connectivity index (χ0n) is 65.6. The minimum atomic E-state index is -0.188. The highest BCUT2D eigenvalue weighted by atomic mass is 16.3. The van der Waals surface area contributed by atoms with Gasteiger partial charge in [0.15, 0.2) is 0 Å². The molecule has 4 nitrogen and oxygen atoms in total. The molecule has 0 saturated heterocycles. The van der Waals surface area contributed by atoms with Crippen molar-refractivity contribution in [3.63, 3.8) is 0 Å².